The molecular weight excluding hydrogens is 658 g/mol. The van der Waals surface area contributed by atoms with E-state index in [1.165, 1.54) is 11.1 Å². The Kier molecular flexibility index (Phi) is 10.4. The molecule has 1 spiro atoms. The first-order valence-corrected chi connectivity index (χ1v) is 20.4. The lowest BCUT2D eigenvalue weighted by atomic mass is 9.61. The van der Waals surface area contributed by atoms with Crippen molar-refractivity contribution < 1.29 is 23.6 Å². The molecule has 1 fully saturated rings. The summed E-state index contributed by atoms with van der Waals surface area (Å²) in [5, 5.41) is 12.9. The SMILES string of the molecule is C=S1(=O)NC(=O)c2ccc3c(c2)N(C[C@@H]2CC[C@H]2[C@@](O)(CC(=O)N(CC)CC)CCC[C@H](C)[C@H]1C)C[C@@]1(CCCc2cc(Cl)ccc21)CO3. The molecule has 2 bridgehead atoms. The number of carbonyl (C=O) groups is 2. The summed E-state index contributed by atoms with van der Waals surface area (Å²) in [7, 11) is -2.99. The summed E-state index contributed by atoms with van der Waals surface area (Å²) in [6.07, 6.45) is 6.73. The smallest absolute Gasteiger partial charge is 0.262 e. The second kappa shape index (κ2) is 14.1. The Labute approximate surface area is 298 Å². The number of amides is 2. The lowest BCUT2D eigenvalue weighted by molar-refractivity contribution is -0.145. The van der Waals surface area contributed by atoms with Crippen LogP contribution in [0.2, 0.25) is 5.02 Å². The molecule has 2 amide bonds. The molecule has 268 valence electrons. The van der Waals surface area contributed by atoms with Crippen molar-refractivity contribution >= 4 is 44.7 Å². The molecule has 2 aromatic rings. The minimum Gasteiger partial charge on any atom is -0.490 e. The number of hydrogen-bond donors (Lipinski definition) is 2. The van der Waals surface area contributed by atoms with Gasteiger partial charge in [-0.05, 0) is 131 Å². The van der Waals surface area contributed by atoms with Crippen LogP contribution in [0.15, 0.2) is 36.4 Å². The molecule has 0 radical (unpaired) electrons. The Morgan fingerprint density at radius 2 is 1.90 bits per heavy atom. The van der Waals surface area contributed by atoms with E-state index in [0.717, 1.165) is 42.8 Å². The van der Waals surface area contributed by atoms with Gasteiger partial charge in [0.2, 0.25) is 5.91 Å². The third-order valence-corrected chi connectivity index (χ3v) is 14.8. The van der Waals surface area contributed by atoms with E-state index in [1.807, 2.05) is 50.8 Å². The van der Waals surface area contributed by atoms with Gasteiger partial charge in [-0.25, -0.2) is 4.21 Å². The minimum absolute atomic E-state index is 0.00736. The molecule has 49 heavy (non-hydrogen) atoms. The summed E-state index contributed by atoms with van der Waals surface area (Å²) in [5.41, 5.74) is 2.30. The molecule has 6 rings (SSSR count). The first-order chi connectivity index (χ1) is 23.3. The van der Waals surface area contributed by atoms with Crippen LogP contribution >= 0.6 is 11.6 Å². The second-order valence-corrected chi connectivity index (χ2v) is 18.1. The van der Waals surface area contributed by atoms with Crippen molar-refractivity contribution in [1.29, 1.82) is 0 Å². The summed E-state index contributed by atoms with van der Waals surface area (Å²) < 4.78 is 23.3. The molecule has 10 heteroatoms. The number of nitrogens with one attached hydrogen (secondary N) is 1. The maximum Gasteiger partial charge on any atom is 0.262 e. The monoisotopic (exact) mass is 711 g/mol. The van der Waals surface area contributed by atoms with Crippen LogP contribution in [-0.4, -0.2) is 75.5 Å². The molecule has 2 aromatic carbocycles. The molecule has 2 N–H and O–H groups in total. The average molecular weight is 712 g/mol. The fourth-order valence-electron chi connectivity index (χ4n) is 9.04. The van der Waals surface area contributed by atoms with E-state index in [9.17, 15) is 18.9 Å². The number of aryl methyl sites for hydroxylation is 1. The highest BCUT2D eigenvalue weighted by molar-refractivity contribution is 7.99. The van der Waals surface area contributed by atoms with Crippen molar-refractivity contribution in [3.8, 4) is 5.75 Å². The third-order valence-electron chi connectivity index (χ3n) is 12.4. The summed E-state index contributed by atoms with van der Waals surface area (Å²) in [4.78, 5) is 31.4. The molecule has 0 aromatic heterocycles. The number of ether oxygens (including phenoxy) is 1. The van der Waals surface area contributed by atoms with Gasteiger partial charge in [0.15, 0.2) is 0 Å². The number of hydrogen-bond acceptors (Lipinski definition) is 6. The Bertz CT molecular complexity index is 1680. The summed E-state index contributed by atoms with van der Waals surface area (Å²) in [6, 6.07) is 11.7. The Balaban J connectivity index is 1.43. The lowest BCUT2D eigenvalue weighted by Gasteiger charge is -2.50. The van der Waals surface area contributed by atoms with Crippen molar-refractivity contribution in [2.24, 2.45) is 17.8 Å². The first-order valence-electron chi connectivity index (χ1n) is 18.3. The van der Waals surface area contributed by atoms with E-state index < -0.39 is 21.2 Å². The molecule has 2 heterocycles. The van der Waals surface area contributed by atoms with E-state index in [4.69, 9.17) is 16.3 Å². The molecule has 8 nitrogen and oxygen atoms in total. The van der Waals surface area contributed by atoms with Gasteiger partial charge >= 0.3 is 0 Å². The van der Waals surface area contributed by atoms with Gasteiger partial charge in [-0.1, -0.05) is 31.0 Å². The zero-order chi connectivity index (χ0) is 35.1. The maximum absolute atomic E-state index is 13.9. The van der Waals surface area contributed by atoms with Crippen molar-refractivity contribution in [2.45, 2.75) is 102 Å². The van der Waals surface area contributed by atoms with Crippen LogP contribution < -0.4 is 14.4 Å². The molecule has 2 aliphatic carbocycles. The molecule has 1 unspecified atom stereocenters. The van der Waals surface area contributed by atoms with Crippen molar-refractivity contribution in [1.82, 2.24) is 9.62 Å². The van der Waals surface area contributed by atoms with Crippen LogP contribution in [0.3, 0.4) is 0 Å². The van der Waals surface area contributed by atoms with Crippen LogP contribution in [-0.2, 0) is 26.3 Å². The van der Waals surface area contributed by atoms with Gasteiger partial charge in [0.05, 0.1) is 34.0 Å². The van der Waals surface area contributed by atoms with E-state index in [2.05, 4.69) is 27.6 Å². The predicted molar refractivity (Wildman–Crippen MR) is 199 cm³/mol. The van der Waals surface area contributed by atoms with E-state index >= 15 is 0 Å². The fourth-order valence-corrected chi connectivity index (χ4v) is 10.7. The molecule has 1 saturated carbocycles. The van der Waals surface area contributed by atoms with Crippen molar-refractivity contribution in [3.63, 3.8) is 0 Å². The molecule has 4 aliphatic rings. The number of carbonyl (C=O) groups excluding carboxylic acids is 2. The predicted octanol–water partition coefficient (Wildman–Crippen LogP) is 6.40. The number of fused-ring (bicyclic) bond motifs is 4. The van der Waals surface area contributed by atoms with Gasteiger partial charge in [-0.2, -0.15) is 0 Å². The normalized spacial score (nSPS) is 33.3. The maximum atomic E-state index is 13.9. The van der Waals surface area contributed by atoms with Crippen molar-refractivity contribution in [3.05, 3.63) is 58.1 Å². The summed E-state index contributed by atoms with van der Waals surface area (Å²) in [6.45, 7) is 10.9. The first kappa shape index (κ1) is 36.1. The highest BCUT2D eigenvalue weighted by atomic mass is 35.5. The van der Waals surface area contributed by atoms with Crippen LogP contribution in [0.4, 0.5) is 5.69 Å². The number of rotatable bonds is 4. The van der Waals surface area contributed by atoms with E-state index in [0.29, 0.717) is 63.4 Å². The van der Waals surface area contributed by atoms with Crippen molar-refractivity contribution in [2.75, 3.05) is 37.7 Å². The average Bonchev–Trinajstić information content (AvgIpc) is 3.19. The highest BCUT2D eigenvalue weighted by Gasteiger charge is 2.50. The van der Waals surface area contributed by atoms with Gasteiger partial charge in [0, 0.05) is 47.4 Å². The zero-order valence-electron chi connectivity index (χ0n) is 29.6. The minimum atomic E-state index is -2.99. The second-order valence-electron chi connectivity index (χ2n) is 15.3. The number of halogens is 1. The standard InChI is InChI=1S/C39H54ClN3O5S/c1-6-42(7-2)36(44)22-39(46)19-8-10-26(3)27(4)49(5,47)41-37(45)29-13-17-35-34(21-29)43(23-30-12-15-33(30)39)24-38(25-48-35)18-9-11-28-20-31(40)14-16-32(28)38/h13-14,16-17,20-21,26-27,30,33,46H,5-12,15,18-19,22-25H2,1-4H3,(H,41,45,47)/t26-,27+,30-,33+,38-,39-,49?/m0/s1. The number of anilines is 1. The zero-order valence-corrected chi connectivity index (χ0v) is 31.2. The molecule has 0 saturated heterocycles. The number of aliphatic hydroxyl groups is 1. The van der Waals surface area contributed by atoms with Crippen LogP contribution in [0.25, 0.3) is 0 Å². The molecular formula is C39H54ClN3O5S. The van der Waals surface area contributed by atoms with Gasteiger partial charge in [-0.15, -0.1) is 0 Å². The fraction of sp³-hybridized carbons (Fsp3) is 0.615. The van der Waals surface area contributed by atoms with Gasteiger partial charge in [0.1, 0.15) is 5.75 Å². The van der Waals surface area contributed by atoms with Crippen LogP contribution in [0, 0.1) is 17.8 Å². The summed E-state index contributed by atoms with van der Waals surface area (Å²) >= 11 is 6.46. The van der Waals surface area contributed by atoms with E-state index in [-0.39, 0.29) is 40.7 Å². The highest BCUT2D eigenvalue weighted by Crippen LogP contribution is 2.50. The Hall–Kier alpha value is -2.75. The largest absolute Gasteiger partial charge is 0.490 e. The summed E-state index contributed by atoms with van der Waals surface area (Å²) in [5.74, 6) is 4.39. The Morgan fingerprint density at radius 3 is 2.61 bits per heavy atom. The number of nitrogens with zero attached hydrogens (tertiary/aromatic N) is 2. The Morgan fingerprint density at radius 1 is 1.12 bits per heavy atom. The van der Waals surface area contributed by atoms with Gasteiger partial charge in [-0.3, -0.25) is 14.3 Å². The van der Waals surface area contributed by atoms with Crippen LogP contribution in [0.5, 0.6) is 5.75 Å². The quantitative estimate of drug-likeness (QED) is 0.357. The van der Waals surface area contributed by atoms with Gasteiger partial charge in [0.25, 0.3) is 5.91 Å². The number of benzene rings is 2. The van der Waals surface area contributed by atoms with E-state index in [1.54, 1.807) is 6.07 Å². The van der Waals surface area contributed by atoms with Gasteiger partial charge < -0.3 is 19.6 Å². The topological polar surface area (TPSA) is 99.2 Å². The van der Waals surface area contributed by atoms with Crippen LogP contribution in [0.1, 0.15) is 101 Å². The third kappa shape index (κ3) is 7.09. The lowest BCUT2D eigenvalue weighted by Crippen LogP contribution is -2.54. The molecule has 7 atom stereocenters. The molecule has 2 aliphatic heterocycles.